The lowest BCUT2D eigenvalue weighted by atomic mass is 9.95. The highest BCUT2D eigenvalue weighted by Crippen LogP contribution is 2.35. The maximum atomic E-state index is 6.05. The minimum absolute atomic E-state index is 0.712. The third kappa shape index (κ3) is 2.15. The average Bonchev–Trinajstić information content (AvgIpc) is 3.00. The Morgan fingerprint density at radius 2 is 1.54 bits per heavy atom. The van der Waals surface area contributed by atoms with E-state index in [4.69, 9.17) is 9.40 Å². The second-order valence-corrected chi connectivity index (χ2v) is 7.09. The quantitative estimate of drug-likeness (QED) is 0.339. The zero-order valence-electron chi connectivity index (χ0n) is 15.1. The van der Waals surface area contributed by atoms with Crippen LogP contribution < -0.4 is 0 Å². The van der Waals surface area contributed by atoms with Crippen LogP contribution in [0.3, 0.4) is 0 Å². The lowest BCUT2D eigenvalue weighted by molar-refractivity contribution is 0.654. The summed E-state index contributed by atoms with van der Waals surface area (Å²) in [5.41, 5.74) is 7.45. The van der Waals surface area contributed by atoms with Crippen molar-refractivity contribution in [2.45, 2.75) is 20.8 Å². The van der Waals surface area contributed by atoms with Crippen LogP contribution in [0.2, 0.25) is 0 Å². The zero-order valence-corrected chi connectivity index (χ0v) is 15.1. The predicted molar refractivity (Wildman–Crippen MR) is 109 cm³/mol. The summed E-state index contributed by atoms with van der Waals surface area (Å²) >= 11 is 0. The molecule has 0 amide bonds. The highest BCUT2D eigenvalue weighted by molar-refractivity contribution is 6.07. The molecule has 126 valence electrons. The Balaban J connectivity index is 1.87. The summed E-state index contributed by atoms with van der Waals surface area (Å²) in [5.74, 6) is 0. The van der Waals surface area contributed by atoms with Crippen molar-refractivity contribution in [3.63, 3.8) is 0 Å². The van der Waals surface area contributed by atoms with Gasteiger partial charge in [0.25, 0.3) is 0 Å². The van der Waals surface area contributed by atoms with E-state index < -0.39 is 0 Å². The molecule has 0 aliphatic rings. The van der Waals surface area contributed by atoms with Gasteiger partial charge in [-0.1, -0.05) is 42.5 Å². The van der Waals surface area contributed by atoms with Crippen LogP contribution in [0.25, 0.3) is 44.1 Å². The molecule has 0 N–H and O–H groups in total. The summed E-state index contributed by atoms with van der Waals surface area (Å²) in [5, 5.41) is 4.76. The molecular weight excluding hydrogens is 318 g/mol. The average molecular weight is 337 g/mol. The first-order chi connectivity index (χ1) is 12.6. The summed E-state index contributed by atoms with van der Waals surface area (Å²) < 4.78 is 6.05. The fourth-order valence-electron chi connectivity index (χ4n) is 3.94. The highest BCUT2D eigenvalue weighted by Gasteiger charge is 2.14. The van der Waals surface area contributed by atoms with Crippen LogP contribution in [0, 0.1) is 20.8 Å². The molecule has 0 aliphatic carbocycles. The van der Waals surface area contributed by atoms with Crippen LogP contribution in [0.1, 0.15) is 16.7 Å². The van der Waals surface area contributed by atoms with Crippen LogP contribution in [0.4, 0.5) is 0 Å². The Labute approximate surface area is 152 Å². The molecule has 2 aromatic heterocycles. The molecule has 0 atom stereocenters. The molecule has 5 rings (SSSR count). The van der Waals surface area contributed by atoms with Gasteiger partial charge in [-0.05, 0) is 66.4 Å². The van der Waals surface area contributed by atoms with Gasteiger partial charge in [0.15, 0.2) is 0 Å². The van der Waals surface area contributed by atoms with Gasteiger partial charge in [0.05, 0.1) is 11.1 Å². The topological polar surface area (TPSA) is 26.0 Å². The van der Waals surface area contributed by atoms with Crippen molar-refractivity contribution in [2.75, 3.05) is 0 Å². The molecule has 0 saturated carbocycles. The van der Waals surface area contributed by atoms with Gasteiger partial charge in [-0.15, -0.1) is 0 Å². The normalized spacial score (nSPS) is 11.7. The van der Waals surface area contributed by atoms with Crippen molar-refractivity contribution in [3.8, 4) is 11.3 Å². The van der Waals surface area contributed by atoms with Gasteiger partial charge in [-0.25, -0.2) is 4.98 Å². The maximum absolute atomic E-state index is 6.05. The van der Waals surface area contributed by atoms with Crippen LogP contribution in [0.5, 0.6) is 0 Å². The van der Waals surface area contributed by atoms with Crippen molar-refractivity contribution >= 4 is 32.8 Å². The second-order valence-electron chi connectivity index (χ2n) is 7.09. The lowest BCUT2D eigenvalue weighted by Crippen LogP contribution is -1.90. The molecule has 0 fully saturated rings. The molecule has 2 nitrogen and oxygen atoms in total. The standard InChI is InChI=1S/C24H19NO/c1-14-11-19-15(2)7-6-9-17(19)20(12-14)21-13-16(3)23-18-8-4-5-10-22(18)26-24(23)25-21/h4-13H,1-3H3. The Kier molecular flexibility index (Phi) is 3.17. The molecule has 0 spiro atoms. The highest BCUT2D eigenvalue weighted by atomic mass is 16.3. The van der Waals surface area contributed by atoms with E-state index in [0.717, 1.165) is 27.6 Å². The van der Waals surface area contributed by atoms with E-state index in [1.54, 1.807) is 0 Å². The third-order valence-electron chi connectivity index (χ3n) is 5.18. The van der Waals surface area contributed by atoms with Crippen molar-refractivity contribution in [1.29, 1.82) is 0 Å². The number of benzene rings is 3. The summed E-state index contributed by atoms with van der Waals surface area (Å²) in [6.45, 7) is 6.44. The monoisotopic (exact) mass is 337 g/mol. The first-order valence-electron chi connectivity index (χ1n) is 8.91. The number of rotatable bonds is 1. The number of pyridine rings is 1. The molecule has 0 radical (unpaired) electrons. The number of hydrogen-bond donors (Lipinski definition) is 0. The number of hydrogen-bond acceptors (Lipinski definition) is 2. The Morgan fingerprint density at radius 3 is 2.42 bits per heavy atom. The van der Waals surface area contributed by atoms with Gasteiger partial charge < -0.3 is 4.42 Å². The van der Waals surface area contributed by atoms with E-state index in [-0.39, 0.29) is 0 Å². The van der Waals surface area contributed by atoms with Gasteiger partial charge in [0, 0.05) is 10.9 Å². The fraction of sp³-hybridized carbons (Fsp3) is 0.125. The molecule has 3 aromatic carbocycles. The third-order valence-corrected chi connectivity index (χ3v) is 5.18. The van der Waals surface area contributed by atoms with Gasteiger partial charge >= 0.3 is 0 Å². The van der Waals surface area contributed by atoms with Crippen LogP contribution in [-0.2, 0) is 0 Å². The van der Waals surface area contributed by atoms with Crippen molar-refractivity contribution in [2.24, 2.45) is 0 Å². The van der Waals surface area contributed by atoms with Crippen molar-refractivity contribution in [3.05, 3.63) is 77.4 Å². The van der Waals surface area contributed by atoms with Gasteiger partial charge in [-0.3, -0.25) is 0 Å². The number of aryl methyl sites for hydroxylation is 3. The Bertz CT molecular complexity index is 1310. The fourth-order valence-corrected chi connectivity index (χ4v) is 3.94. The van der Waals surface area contributed by atoms with Crippen molar-refractivity contribution in [1.82, 2.24) is 4.98 Å². The molecule has 0 aliphatic heterocycles. The Morgan fingerprint density at radius 1 is 0.731 bits per heavy atom. The number of furan rings is 1. The number of nitrogens with zero attached hydrogens (tertiary/aromatic N) is 1. The van der Waals surface area contributed by atoms with Gasteiger partial charge in [-0.2, -0.15) is 0 Å². The van der Waals surface area contributed by atoms with Crippen LogP contribution >= 0.6 is 0 Å². The van der Waals surface area contributed by atoms with Crippen LogP contribution in [0.15, 0.2) is 65.1 Å². The van der Waals surface area contributed by atoms with E-state index in [0.29, 0.717) is 5.71 Å². The molecule has 0 saturated heterocycles. The molecule has 2 heterocycles. The minimum Gasteiger partial charge on any atom is -0.438 e. The number of aromatic nitrogens is 1. The summed E-state index contributed by atoms with van der Waals surface area (Å²) in [4.78, 5) is 4.90. The summed E-state index contributed by atoms with van der Waals surface area (Å²) in [6, 6.07) is 21.2. The molecular formula is C24H19NO. The molecule has 5 aromatic rings. The predicted octanol–water partition coefficient (Wildman–Crippen LogP) is 6.73. The van der Waals surface area contributed by atoms with Crippen molar-refractivity contribution < 1.29 is 4.42 Å². The SMILES string of the molecule is Cc1cc(-c2cc(C)c3c(n2)oc2ccccc23)c2cccc(C)c2c1. The lowest BCUT2D eigenvalue weighted by Gasteiger charge is -2.11. The van der Waals surface area contributed by atoms with E-state index in [2.05, 4.69) is 63.2 Å². The van der Waals surface area contributed by atoms with E-state index in [9.17, 15) is 0 Å². The van der Waals surface area contributed by atoms with Crippen LogP contribution in [-0.4, -0.2) is 4.98 Å². The van der Waals surface area contributed by atoms with E-state index in [1.807, 2.05) is 18.2 Å². The number of fused-ring (bicyclic) bond motifs is 4. The van der Waals surface area contributed by atoms with E-state index in [1.165, 1.54) is 27.5 Å². The first kappa shape index (κ1) is 15.2. The first-order valence-corrected chi connectivity index (χ1v) is 8.91. The summed E-state index contributed by atoms with van der Waals surface area (Å²) in [6.07, 6.45) is 0. The van der Waals surface area contributed by atoms with Gasteiger partial charge in [0.2, 0.25) is 5.71 Å². The summed E-state index contributed by atoms with van der Waals surface area (Å²) in [7, 11) is 0. The molecule has 2 heteroatoms. The maximum Gasteiger partial charge on any atom is 0.228 e. The van der Waals surface area contributed by atoms with E-state index >= 15 is 0 Å². The minimum atomic E-state index is 0.712. The smallest absolute Gasteiger partial charge is 0.228 e. The molecule has 0 unspecified atom stereocenters. The molecule has 0 bridgehead atoms. The van der Waals surface area contributed by atoms with Gasteiger partial charge in [0.1, 0.15) is 5.58 Å². The zero-order chi connectivity index (χ0) is 17.8. The Hall–Kier alpha value is -3.13. The molecule has 26 heavy (non-hydrogen) atoms. The second kappa shape index (κ2) is 5.43. The largest absolute Gasteiger partial charge is 0.438 e. The number of para-hydroxylation sites is 1.